The summed E-state index contributed by atoms with van der Waals surface area (Å²) in [5, 5.41) is 0.775. The van der Waals surface area contributed by atoms with Gasteiger partial charge in [0.25, 0.3) is 0 Å². The number of Topliss-reactive ketones (excluding diaryl/α,β-unsaturated/α-hetero) is 2. The minimum absolute atomic E-state index is 0.0481. The largest absolute Gasteiger partial charge is 0.373 e. The number of rotatable bonds is 8. The van der Waals surface area contributed by atoms with Gasteiger partial charge in [-0.15, -0.1) is 0 Å². The van der Waals surface area contributed by atoms with E-state index in [0.717, 1.165) is 22.2 Å². The Bertz CT molecular complexity index is 1050. The van der Waals surface area contributed by atoms with Gasteiger partial charge in [0.05, 0.1) is 23.4 Å². The summed E-state index contributed by atoms with van der Waals surface area (Å²) in [4.78, 5) is 37.7. The Balaban J connectivity index is 1.99. The van der Waals surface area contributed by atoms with E-state index in [0.29, 0.717) is 29.6 Å². The lowest BCUT2D eigenvalue weighted by atomic mass is 10.1. The van der Waals surface area contributed by atoms with E-state index in [1.54, 1.807) is 23.2 Å². The molecule has 3 aromatic rings. The zero-order chi connectivity index (χ0) is 21.1. The maximum Gasteiger partial charge on any atom is 0.178 e. The lowest BCUT2D eigenvalue weighted by molar-refractivity contribution is -0.124. The molecule has 0 saturated carbocycles. The predicted octanol–water partition coefficient (Wildman–Crippen LogP) is 3.55. The van der Waals surface area contributed by atoms with Crippen molar-refractivity contribution in [2.75, 3.05) is 13.2 Å². The Morgan fingerprint density at radius 2 is 1.86 bits per heavy atom. The van der Waals surface area contributed by atoms with Gasteiger partial charge in [-0.1, -0.05) is 13.8 Å². The zero-order valence-electron chi connectivity index (χ0n) is 17.5. The van der Waals surface area contributed by atoms with Crippen LogP contribution in [-0.4, -0.2) is 44.3 Å². The van der Waals surface area contributed by atoms with Gasteiger partial charge < -0.3 is 9.30 Å². The van der Waals surface area contributed by atoms with Crippen molar-refractivity contribution in [1.82, 2.24) is 19.5 Å². The molecule has 0 aliphatic carbocycles. The van der Waals surface area contributed by atoms with E-state index in [4.69, 9.17) is 4.74 Å². The normalized spacial score (nSPS) is 11.4. The first kappa shape index (κ1) is 20.8. The second kappa shape index (κ2) is 8.61. The van der Waals surface area contributed by atoms with Crippen molar-refractivity contribution in [3.8, 4) is 11.3 Å². The van der Waals surface area contributed by atoms with Crippen molar-refractivity contribution < 1.29 is 14.3 Å². The molecule has 3 rings (SSSR count). The second-order valence-electron chi connectivity index (χ2n) is 7.68. The van der Waals surface area contributed by atoms with Crippen LogP contribution in [0.1, 0.15) is 42.6 Å². The first-order valence-electron chi connectivity index (χ1n) is 9.66. The van der Waals surface area contributed by atoms with Crippen molar-refractivity contribution in [3.05, 3.63) is 41.7 Å². The maximum atomic E-state index is 12.4. The van der Waals surface area contributed by atoms with E-state index in [9.17, 15) is 9.59 Å². The third-order valence-corrected chi connectivity index (χ3v) is 4.55. The van der Waals surface area contributed by atoms with Crippen LogP contribution < -0.4 is 0 Å². The molecule has 0 aromatic carbocycles. The number of pyridine rings is 1. The van der Waals surface area contributed by atoms with Gasteiger partial charge in [0.1, 0.15) is 12.4 Å². The molecule has 0 bridgehead atoms. The number of fused-ring (bicyclic) bond motifs is 1. The van der Waals surface area contributed by atoms with Gasteiger partial charge in [0.15, 0.2) is 11.6 Å². The van der Waals surface area contributed by atoms with Gasteiger partial charge in [0.2, 0.25) is 0 Å². The van der Waals surface area contributed by atoms with Gasteiger partial charge in [-0.3, -0.25) is 14.6 Å². The predicted molar refractivity (Wildman–Crippen MR) is 111 cm³/mol. The van der Waals surface area contributed by atoms with Crippen LogP contribution in [0.15, 0.2) is 24.7 Å². The Morgan fingerprint density at radius 3 is 2.48 bits per heavy atom. The molecule has 0 N–H and O–H groups in total. The molecule has 0 aliphatic heterocycles. The molecule has 0 aliphatic rings. The molecule has 3 aromatic heterocycles. The molecule has 0 atom stereocenters. The SMILES string of the molecule is CC(=O)c1cn(CC(=O)COCC(C)C)c2c(C)nc(-c3cnc(C)nc3)cc12. The quantitative estimate of drug-likeness (QED) is 0.543. The fraction of sp³-hybridized carbons (Fsp3) is 0.409. The molecule has 0 spiro atoms. The molecule has 3 heterocycles. The zero-order valence-corrected chi connectivity index (χ0v) is 17.5. The fourth-order valence-electron chi connectivity index (χ4n) is 3.25. The van der Waals surface area contributed by atoms with Crippen LogP contribution >= 0.6 is 0 Å². The summed E-state index contributed by atoms with van der Waals surface area (Å²) in [6.45, 7) is 10.0. The van der Waals surface area contributed by atoms with Gasteiger partial charge in [0, 0.05) is 41.7 Å². The average Bonchev–Trinajstić information content (AvgIpc) is 3.01. The molecule has 0 unspecified atom stereocenters. The first-order chi connectivity index (χ1) is 13.8. The van der Waals surface area contributed by atoms with E-state index < -0.39 is 0 Å². The Kier molecular flexibility index (Phi) is 6.17. The molecule has 0 amide bonds. The van der Waals surface area contributed by atoms with Crippen LogP contribution in [0, 0.1) is 19.8 Å². The van der Waals surface area contributed by atoms with E-state index in [1.165, 1.54) is 6.92 Å². The molecular weight excluding hydrogens is 368 g/mol. The smallest absolute Gasteiger partial charge is 0.178 e. The van der Waals surface area contributed by atoms with Crippen molar-refractivity contribution in [2.24, 2.45) is 5.92 Å². The van der Waals surface area contributed by atoms with Crippen molar-refractivity contribution in [1.29, 1.82) is 0 Å². The van der Waals surface area contributed by atoms with Crippen LogP contribution in [0.3, 0.4) is 0 Å². The Hall–Kier alpha value is -2.93. The third-order valence-electron chi connectivity index (χ3n) is 4.55. The van der Waals surface area contributed by atoms with Gasteiger partial charge in [-0.2, -0.15) is 0 Å². The van der Waals surface area contributed by atoms with E-state index in [-0.39, 0.29) is 24.7 Å². The van der Waals surface area contributed by atoms with Crippen molar-refractivity contribution >= 4 is 22.5 Å². The maximum absolute atomic E-state index is 12.4. The summed E-state index contributed by atoms with van der Waals surface area (Å²) < 4.78 is 7.25. The number of hydrogen-bond acceptors (Lipinski definition) is 6. The van der Waals surface area contributed by atoms with Gasteiger partial charge >= 0.3 is 0 Å². The van der Waals surface area contributed by atoms with E-state index in [1.807, 2.05) is 33.8 Å². The average molecular weight is 394 g/mol. The highest BCUT2D eigenvalue weighted by Crippen LogP contribution is 2.28. The lowest BCUT2D eigenvalue weighted by Gasteiger charge is -2.10. The Labute approximate surface area is 170 Å². The van der Waals surface area contributed by atoms with E-state index in [2.05, 4.69) is 15.0 Å². The van der Waals surface area contributed by atoms with Crippen LogP contribution in [0.4, 0.5) is 0 Å². The number of aromatic nitrogens is 4. The summed E-state index contributed by atoms with van der Waals surface area (Å²) in [5.74, 6) is 0.942. The molecule has 7 nitrogen and oxygen atoms in total. The highest BCUT2D eigenvalue weighted by atomic mass is 16.5. The summed E-state index contributed by atoms with van der Waals surface area (Å²) in [7, 11) is 0. The summed E-state index contributed by atoms with van der Waals surface area (Å²) in [6, 6.07) is 1.86. The Morgan fingerprint density at radius 1 is 1.17 bits per heavy atom. The molecule has 0 saturated heterocycles. The van der Waals surface area contributed by atoms with Crippen LogP contribution in [0.2, 0.25) is 0 Å². The van der Waals surface area contributed by atoms with E-state index >= 15 is 0 Å². The van der Waals surface area contributed by atoms with Crippen molar-refractivity contribution in [3.63, 3.8) is 0 Å². The molecule has 29 heavy (non-hydrogen) atoms. The number of ether oxygens (including phenoxy) is 1. The molecule has 0 radical (unpaired) electrons. The number of carbonyl (C=O) groups excluding carboxylic acids is 2. The summed E-state index contributed by atoms with van der Waals surface area (Å²) in [5.41, 5.74) is 3.56. The first-order valence-corrected chi connectivity index (χ1v) is 9.66. The fourth-order valence-corrected chi connectivity index (χ4v) is 3.25. The molecule has 0 fully saturated rings. The number of hydrogen-bond donors (Lipinski definition) is 0. The van der Waals surface area contributed by atoms with Crippen LogP contribution in [0.5, 0.6) is 0 Å². The number of ketones is 2. The standard InChI is InChI=1S/C22H26N4O3/c1-13(2)11-29-12-18(28)9-26-10-20(15(4)27)19-6-21(25-14(3)22(19)26)17-7-23-16(5)24-8-17/h6-8,10,13H,9,11-12H2,1-5H3. The summed E-state index contributed by atoms with van der Waals surface area (Å²) >= 11 is 0. The summed E-state index contributed by atoms with van der Waals surface area (Å²) in [6.07, 6.45) is 5.17. The minimum Gasteiger partial charge on any atom is -0.373 e. The third kappa shape index (κ3) is 4.74. The molecular formula is C22H26N4O3. The van der Waals surface area contributed by atoms with Gasteiger partial charge in [-0.05, 0) is 32.8 Å². The number of carbonyl (C=O) groups is 2. The monoisotopic (exact) mass is 394 g/mol. The molecule has 7 heteroatoms. The second-order valence-corrected chi connectivity index (χ2v) is 7.68. The highest BCUT2D eigenvalue weighted by Gasteiger charge is 2.18. The van der Waals surface area contributed by atoms with Gasteiger partial charge in [-0.25, -0.2) is 9.97 Å². The number of nitrogens with zero attached hydrogens (tertiary/aromatic N) is 4. The lowest BCUT2D eigenvalue weighted by Crippen LogP contribution is -2.17. The van der Waals surface area contributed by atoms with Crippen LogP contribution in [0.25, 0.3) is 22.2 Å². The molecule has 152 valence electrons. The minimum atomic E-state index is -0.0611. The number of aryl methyl sites for hydroxylation is 2. The highest BCUT2D eigenvalue weighted by molar-refractivity contribution is 6.08. The topological polar surface area (TPSA) is 87.0 Å². The van der Waals surface area contributed by atoms with Crippen LogP contribution in [-0.2, 0) is 16.1 Å². The van der Waals surface area contributed by atoms with Crippen molar-refractivity contribution in [2.45, 2.75) is 41.2 Å².